The van der Waals surface area contributed by atoms with Gasteiger partial charge in [-0.15, -0.1) is 0 Å². The number of hydrogen-bond donors (Lipinski definition) is 0. The van der Waals surface area contributed by atoms with Crippen molar-refractivity contribution >= 4 is 11.0 Å². The van der Waals surface area contributed by atoms with Gasteiger partial charge in [0.15, 0.2) is 0 Å². The van der Waals surface area contributed by atoms with Crippen LogP contribution in [0.25, 0.3) is 22.4 Å². The Morgan fingerprint density at radius 3 is 2.27 bits per heavy atom. The predicted molar refractivity (Wildman–Crippen MR) is 107 cm³/mol. The number of aromatic nitrogens is 2. The molecule has 0 N–H and O–H groups in total. The van der Waals surface area contributed by atoms with Crippen LogP contribution in [-0.2, 0) is 6.54 Å². The lowest BCUT2D eigenvalue weighted by Gasteiger charge is -2.14. The van der Waals surface area contributed by atoms with Crippen molar-refractivity contribution in [2.45, 2.75) is 20.4 Å². The van der Waals surface area contributed by atoms with Crippen LogP contribution in [0.1, 0.15) is 11.1 Å². The lowest BCUT2D eigenvalue weighted by atomic mass is 10.1. The molecule has 3 heteroatoms. The van der Waals surface area contributed by atoms with E-state index in [9.17, 15) is 0 Å². The van der Waals surface area contributed by atoms with Crippen LogP contribution in [0, 0.1) is 13.8 Å². The van der Waals surface area contributed by atoms with Gasteiger partial charge in [-0.2, -0.15) is 0 Å². The van der Waals surface area contributed by atoms with E-state index < -0.39 is 0 Å². The zero-order valence-corrected chi connectivity index (χ0v) is 15.1. The summed E-state index contributed by atoms with van der Waals surface area (Å²) in [7, 11) is 0. The fourth-order valence-electron chi connectivity index (χ4n) is 3.38. The first-order valence-corrected chi connectivity index (χ1v) is 8.94. The van der Waals surface area contributed by atoms with Gasteiger partial charge in [-0.05, 0) is 37.1 Å². The Hall–Kier alpha value is -3.07. The van der Waals surface area contributed by atoms with Gasteiger partial charge in [0, 0.05) is 5.56 Å². The summed E-state index contributed by atoms with van der Waals surface area (Å²) < 4.78 is 8.38. The predicted octanol–water partition coefficient (Wildman–Crippen LogP) is 5.40. The van der Waals surface area contributed by atoms with Crippen LogP contribution in [0.3, 0.4) is 0 Å². The van der Waals surface area contributed by atoms with Gasteiger partial charge in [0.05, 0.1) is 17.6 Å². The van der Waals surface area contributed by atoms with E-state index in [2.05, 4.69) is 66.9 Å². The molecule has 0 amide bonds. The summed E-state index contributed by atoms with van der Waals surface area (Å²) in [5.74, 6) is 1.97. The van der Waals surface area contributed by atoms with Crippen molar-refractivity contribution in [1.82, 2.24) is 9.55 Å². The standard InChI is InChI=1S/C23H22N2O/c1-17-9-8-10-18(2)22(17)26-16-15-25-21-14-7-6-13-20(21)24-23(25)19-11-4-3-5-12-19/h3-14H,15-16H2,1-2H3. The highest BCUT2D eigenvalue weighted by Crippen LogP contribution is 2.26. The lowest BCUT2D eigenvalue weighted by molar-refractivity contribution is 0.297. The molecular formula is C23H22N2O. The molecule has 3 nitrogen and oxygen atoms in total. The molecule has 130 valence electrons. The van der Waals surface area contributed by atoms with E-state index in [1.54, 1.807) is 0 Å². The first-order valence-electron chi connectivity index (χ1n) is 8.94. The van der Waals surface area contributed by atoms with E-state index in [-0.39, 0.29) is 0 Å². The molecule has 0 spiro atoms. The number of para-hydroxylation sites is 3. The van der Waals surface area contributed by atoms with E-state index in [1.165, 1.54) is 11.1 Å². The summed E-state index contributed by atoms with van der Waals surface area (Å²) in [5, 5.41) is 0. The van der Waals surface area contributed by atoms with Crippen molar-refractivity contribution in [3.63, 3.8) is 0 Å². The molecule has 0 radical (unpaired) electrons. The number of benzene rings is 3. The maximum Gasteiger partial charge on any atom is 0.141 e. The first-order chi connectivity index (χ1) is 12.7. The van der Waals surface area contributed by atoms with Crippen LogP contribution in [-0.4, -0.2) is 16.2 Å². The number of nitrogens with zero attached hydrogens (tertiary/aromatic N) is 2. The van der Waals surface area contributed by atoms with Gasteiger partial charge in [-0.3, -0.25) is 0 Å². The Labute approximate surface area is 153 Å². The Morgan fingerprint density at radius 1 is 0.808 bits per heavy atom. The maximum absolute atomic E-state index is 6.13. The minimum Gasteiger partial charge on any atom is -0.491 e. The minimum absolute atomic E-state index is 0.603. The highest BCUT2D eigenvalue weighted by Gasteiger charge is 2.12. The molecule has 0 fully saturated rings. The van der Waals surface area contributed by atoms with Crippen LogP contribution in [0.5, 0.6) is 5.75 Å². The Kier molecular flexibility index (Phi) is 4.44. The number of rotatable bonds is 5. The Balaban J connectivity index is 1.65. The van der Waals surface area contributed by atoms with E-state index in [0.717, 1.165) is 34.7 Å². The van der Waals surface area contributed by atoms with Crippen LogP contribution in [0.4, 0.5) is 0 Å². The fraction of sp³-hybridized carbons (Fsp3) is 0.174. The second-order valence-electron chi connectivity index (χ2n) is 6.51. The third-order valence-corrected chi connectivity index (χ3v) is 4.66. The zero-order chi connectivity index (χ0) is 17.9. The number of fused-ring (bicyclic) bond motifs is 1. The molecular weight excluding hydrogens is 320 g/mol. The third kappa shape index (κ3) is 3.08. The normalized spacial score (nSPS) is 11.0. The molecule has 4 aromatic rings. The summed E-state index contributed by atoms with van der Waals surface area (Å²) in [6.45, 7) is 5.53. The average Bonchev–Trinajstić information content (AvgIpc) is 3.04. The number of hydrogen-bond acceptors (Lipinski definition) is 2. The van der Waals surface area contributed by atoms with E-state index in [0.29, 0.717) is 6.61 Å². The second-order valence-corrected chi connectivity index (χ2v) is 6.51. The molecule has 0 aliphatic rings. The molecule has 1 aromatic heterocycles. The molecule has 0 aliphatic heterocycles. The van der Waals surface area contributed by atoms with Gasteiger partial charge in [0.2, 0.25) is 0 Å². The van der Waals surface area contributed by atoms with Gasteiger partial charge in [0.1, 0.15) is 18.2 Å². The zero-order valence-electron chi connectivity index (χ0n) is 15.1. The molecule has 26 heavy (non-hydrogen) atoms. The van der Waals surface area contributed by atoms with E-state index in [1.807, 2.05) is 24.3 Å². The van der Waals surface area contributed by atoms with Crippen molar-refractivity contribution in [1.29, 1.82) is 0 Å². The van der Waals surface area contributed by atoms with Crippen molar-refractivity contribution in [2.24, 2.45) is 0 Å². The molecule has 0 bridgehead atoms. The SMILES string of the molecule is Cc1cccc(C)c1OCCn1c(-c2ccccc2)nc2ccccc21. The van der Waals surface area contributed by atoms with Crippen molar-refractivity contribution in [3.05, 3.63) is 83.9 Å². The van der Waals surface area contributed by atoms with Gasteiger partial charge in [-0.25, -0.2) is 4.98 Å². The highest BCUT2D eigenvalue weighted by atomic mass is 16.5. The van der Waals surface area contributed by atoms with Crippen LogP contribution >= 0.6 is 0 Å². The molecule has 0 saturated heterocycles. The van der Waals surface area contributed by atoms with E-state index >= 15 is 0 Å². The maximum atomic E-state index is 6.13. The second kappa shape index (κ2) is 7.04. The molecule has 0 saturated carbocycles. The molecule has 3 aromatic carbocycles. The number of aryl methyl sites for hydroxylation is 2. The van der Waals surface area contributed by atoms with Gasteiger partial charge in [-0.1, -0.05) is 60.7 Å². The Morgan fingerprint density at radius 2 is 1.50 bits per heavy atom. The quantitative estimate of drug-likeness (QED) is 0.485. The number of imidazole rings is 1. The lowest BCUT2D eigenvalue weighted by Crippen LogP contribution is -2.10. The molecule has 0 atom stereocenters. The van der Waals surface area contributed by atoms with Crippen molar-refractivity contribution in [3.8, 4) is 17.1 Å². The monoisotopic (exact) mass is 342 g/mol. The van der Waals surface area contributed by atoms with Crippen molar-refractivity contribution < 1.29 is 4.74 Å². The molecule has 4 rings (SSSR count). The van der Waals surface area contributed by atoms with Gasteiger partial charge >= 0.3 is 0 Å². The van der Waals surface area contributed by atoms with Crippen LogP contribution in [0.15, 0.2) is 72.8 Å². The third-order valence-electron chi connectivity index (χ3n) is 4.66. The van der Waals surface area contributed by atoms with Gasteiger partial charge < -0.3 is 9.30 Å². The molecule has 0 aliphatic carbocycles. The number of ether oxygens (including phenoxy) is 1. The van der Waals surface area contributed by atoms with E-state index in [4.69, 9.17) is 9.72 Å². The minimum atomic E-state index is 0.603. The van der Waals surface area contributed by atoms with Crippen LogP contribution < -0.4 is 4.74 Å². The highest BCUT2D eigenvalue weighted by molar-refractivity contribution is 5.80. The van der Waals surface area contributed by atoms with Crippen LogP contribution in [0.2, 0.25) is 0 Å². The molecule has 1 heterocycles. The smallest absolute Gasteiger partial charge is 0.141 e. The summed E-state index contributed by atoms with van der Waals surface area (Å²) in [6.07, 6.45) is 0. The topological polar surface area (TPSA) is 27.1 Å². The Bertz CT molecular complexity index is 1010. The largest absolute Gasteiger partial charge is 0.491 e. The average molecular weight is 342 g/mol. The van der Waals surface area contributed by atoms with Crippen molar-refractivity contribution in [2.75, 3.05) is 6.61 Å². The molecule has 0 unspecified atom stereocenters. The first kappa shape index (κ1) is 16.4. The summed E-state index contributed by atoms with van der Waals surface area (Å²) in [6, 6.07) is 24.8. The fourth-order valence-corrected chi connectivity index (χ4v) is 3.38. The van der Waals surface area contributed by atoms with Gasteiger partial charge in [0.25, 0.3) is 0 Å². The summed E-state index contributed by atoms with van der Waals surface area (Å²) in [5.41, 5.74) is 5.61. The summed E-state index contributed by atoms with van der Waals surface area (Å²) >= 11 is 0. The summed E-state index contributed by atoms with van der Waals surface area (Å²) in [4.78, 5) is 4.85.